The second-order valence-electron chi connectivity index (χ2n) is 8.77. The molecule has 4 rings (SSSR count). The summed E-state index contributed by atoms with van der Waals surface area (Å²) in [5, 5.41) is 18.4. The maximum absolute atomic E-state index is 13.8. The number of halogens is 2. The molecule has 1 aliphatic heterocycles. The van der Waals surface area contributed by atoms with Gasteiger partial charge in [0.05, 0.1) is 16.1 Å². The lowest BCUT2D eigenvalue weighted by molar-refractivity contribution is -0.128. The number of rotatable bonds is 8. The Balaban J connectivity index is 1.44. The van der Waals surface area contributed by atoms with Gasteiger partial charge in [-0.25, -0.2) is 4.39 Å². The fourth-order valence-electron chi connectivity index (χ4n) is 4.18. The summed E-state index contributed by atoms with van der Waals surface area (Å²) in [5.41, 5.74) is 0.666. The third kappa shape index (κ3) is 5.53. The van der Waals surface area contributed by atoms with E-state index in [9.17, 15) is 24.0 Å². The number of carbonyl (C=O) groups is 3. The van der Waals surface area contributed by atoms with Gasteiger partial charge in [0, 0.05) is 17.8 Å². The number of carbonyl (C=O) groups excluding carboxylic acids is 3. The van der Waals surface area contributed by atoms with Gasteiger partial charge in [-0.05, 0) is 65.7 Å². The lowest BCUT2D eigenvalue weighted by Crippen LogP contribution is -2.50. The fraction of sp³-hybridized carbons (Fsp3) is 0.478. The predicted molar refractivity (Wildman–Crippen MR) is 122 cm³/mol. The summed E-state index contributed by atoms with van der Waals surface area (Å²) in [6.07, 6.45) is 4.20. The Morgan fingerprint density at radius 1 is 1.24 bits per heavy atom. The normalized spacial score (nSPS) is 19.9. The highest BCUT2D eigenvalue weighted by atomic mass is 79.9. The largest absolute Gasteiger partial charge is 0.356 e. The van der Waals surface area contributed by atoms with E-state index in [1.165, 1.54) is 6.07 Å². The van der Waals surface area contributed by atoms with Crippen molar-refractivity contribution in [2.75, 3.05) is 6.54 Å². The summed E-state index contributed by atoms with van der Waals surface area (Å²) in [6, 6.07) is 4.90. The summed E-state index contributed by atoms with van der Waals surface area (Å²) < 4.78 is 14.0. The second-order valence-corrected chi connectivity index (χ2v) is 9.56. The number of benzene rings is 1. The van der Waals surface area contributed by atoms with E-state index in [2.05, 4.69) is 42.9 Å². The van der Waals surface area contributed by atoms with E-state index in [-0.39, 0.29) is 28.4 Å². The van der Waals surface area contributed by atoms with Gasteiger partial charge in [0.1, 0.15) is 23.6 Å². The third-order valence-electron chi connectivity index (χ3n) is 6.21. The van der Waals surface area contributed by atoms with Crippen molar-refractivity contribution < 1.29 is 18.8 Å². The first-order chi connectivity index (χ1) is 15.9. The van der Waals surface area contributed by atoms with Crippen LogP contribution < -0.4 is 16.0 Å². The molecule has 10 heteroatoms. The van der Waals surface area contributed by atoms with Crippen LogP contribution in [0.3, 0.4) is 0 Å². The molecule has 2 aliphatic rings. The van der Waals surface area contributed by atoms with Crippen LogP contribution in [0.25, 0.3) is 10.9 Å². The molecule has 3 amide bonds. The topological polar surface area (TPSA) is 127 Å². The molecule has 0 radical (unpaired) electrons. The summed E-state index contributed by atoms with van der Waals surface area (Å²) >= 11 is 3.18. The maximum Gasteiger partial charge on any atom is 0.268 e. The third-order valence-corrected chi connectivity index (χ3v) is 6.99. The zero-order valence-corrected chi connectivity index (χ0v) is 19.5. The number of hydrogen-bond acceptors (Lipinski definition) is 4. The zero-order chi connectivity index (χ0) is 23.5. The van der Waals surface area contributed by atoms with Crippen LogP contribution in [0.2, 0.25) is 0 Å². The van der Waals surface area contributed by atoms with Gasteiger partial charge in [-0.15, -0.1) is 0 Å². The first-order valence-corrected chi connectivity index (χ1v) is 11.9. The predicted octanol–water partition coefficient (Wildman–Crippen LogP) is 2.89. The number of nitriles is 1. The quantitative estimate of drug-likeness (QED) is 0.429. The van der Waals surface area contributed by atoms with Gasteiger partial charge in [-0.1, -0.05) is 12.8 Å². The molecular formula is C23H25BrFN5O3. The van der Waals surface area contributed by atoms with E-state index in [1.807, 2.05) is 0 Å². The van der Waals surface area contributed by atoms with Crippen molar-refractivity contribution in [3.8, 4) is 6.07 Å². The number of H-pyrrole nitrogens is 1. The molecule has 1 aliphatic carbocycles. The van der Waals surface area contributed by atoms with Crippen LogP contribution >= 0.6 is 15.9 Å². The highest BCUT2D eigenvalue weighted by Crippen LogP contribution is 2.34. The molecule has 1 saturated heterocycles. The maximum atomic E-state index is 13.8. The van der Waals surface area contributed by atoms with E-state index in [4.69, 9.17) is 0 Å². The average Bonchev–Trinajstić information content (AvgIpc) is 3.51. The van der Waals surface area contributed by atoms with E-state index < -0.39 is 29.7 Å². The monoisotopic (exact) mass is 517 g/mol. The highest BCUT2D eigenvalue weighted by Gasteiger charge is 2.33. The van der Waals surface area contributed by atoms with Crippen molar-refractivity contribution in [3.63, 3.8) is 0 Å². The fourth-order valence-corrected chi connectivity index (χ4v) is 4.64. The van der Waals surface area contributed by atoms with Crippen LogP contribution in [0.15, 0.2) is 22.7 Å². The molecule has 4 N–H and O–H groups in total. The lowest BCUT2D eigenvalue weighted by atomic mass is 9.92. The van der Waals surface area contributed by atoms with Crippen LogP contribution in [0, 0.1) is 29.0 Å². The lowest BCUT2D eigenvalue weighted by Gasteiger charge is -2.25. The Bertz CT molecular complexity index is 1120. The molecule has 0 spiro atoms. The Labute approximate surface area is 198 Å². The van der Waals surface area contributed by atoms with Crippen LogP contribution in [0.4, 0.5) is 4.39 Å². The van der Waals surface area contributed by atoms with Crippen LogP contribution in [-0.2, 0) is 9.59 Å². The number of piperidine rings is 1. The molecule has 2 heterocycles. The number of amides is 3. The first kappa shape index (κ1) is 23.2. The molecule has 1 aromatic carbocycles. The summed E-state index contributed by atoms with van der Waals surface area (Å²) in [7, 11) is 0. The van der Waals surface area contributed by atoms with Gasteiger partial charge in [0.25, 0.3) is 5.91 Å². The summed E-state index contributed by atoms with van der Waals surface area (Å²) in [6.45, 7) is 0.630. The SMILES string of the molecule is N#C[C@H](CC1CCCNC1=O)NC(=O)C(CC1CC1)NC(=O)c1cc2ccc(F)c(Br)c2[nH]1. The molecule has 8 nitrogen and oxygen atoms in total. The van der Waals surface area contributed by atoms with Crippen molar-refractivity contribution in [3.05, 3.63) is 34.2 Å². The number of aromatic amines is 1. The molecule has 174 valence electrons. The van der Waals surface area contributed by atoms with Crippen LogP contribution in [0.5, 0.6) is 0 Å². The van der Waals surface area contributed by atoms with Gasteiger partial charge < -0.3 is 20.9 Å². The number of aromatic nitrogens is 1. The molecule has 2 unspecified atom stereocenters. The first-order valence-electron chi connectivity index (χ1n) is 11.1. The van der Waals surface area contributed by atoms with E-state index in [1.54, 1.807) is 12.1 Å². The van der Waals surface area contributed by atoms with E-state index in [0.717, 1.165) is 19.3 Å². The Morgan fingerprint density at radius 3 is 2.73 bits per heavy atom. The summed E-state index contributed by atoms with van der Waals surface area (Å²) in [5.74, 6) is -1.45. The molecule has 3 atom stereocenters. The van der Waals surface area contributed by atoms with Crippen molar-refractivity contribution in [2.45, 2.75) is 50.6 Å². The summed E-state index contributed by atoms with van der Waals surface area (Å²) in [4.78, 5) is 40.8. The minimum absolute atomic E-state index is 0.0972. The molecule has 2 aromatic rings. The average molecular weight is 518 g/mol. The Hall–Kier alpha value is -2.93. The minimum atomic E-state index is -0.822. The molecule has 1 saturated carbocycles. The minimum Gasteiger partial charge on any atom is -0.356 e. The highest BCUT2D eigenvalue weighted by molar-refractivity contribution is 9.10. The zero-order valence-electron chi connectivity index (χ0n) is 17.9. The van der Waals surface area contributed by atoms with E-state index >= 15 is 0 Å². The van der Waals surface area contributed by atoms with E-state index in [0.29, 0.717) is 36.2 Å². The van der Waals surface area contributed by atoms with Crippen molar-refractivity contribution in [2.24, 2.45) is 11.8 Å². The van der Waals surface area contributed by atoms with Crippen molar-refractivity contribution in [1.29, 1.82) is 5.26 Å². The van der Waals surface area contributed by atoms with Crippen LogP contribution in [-0.4, -0.2) is 41.3 Å². The van der Waals surface area contributed by atoms with Crippen molar-refractivity contribution >= 4 is 44.6 Å². The number of nitrogens with zero attached hydrogens (tertiary/aromatic N) is 1. The Kier molecular flexibility index (Phi) is 6.98. The molecule has 0 bridgehead atoms. The number of hydrogen-bond donors (Lipinski definition) is 4. The van der Waals surface area contributed by atoms with Gasteiger partial charge in [-0.3, -0.25) is 14.4 Å². The smallest absolute Gasteiger partial charge is 0.268 e. The molecule has 33 heavy (non-hydrogen) atoms. The van der Waals surface area contributed by atoms with Gasteiger partial charge in [0.2, 0.25) is 11.8 Å². The van der Waals surface area contributed by atoms with Gasteiger partial charge in [0.15, 0.2) is 0 Å². The van der Waals surface area contributed by atoms with Crippen molar-refractivity contribution in [1.82, 2.24) is 20.9 Å². The van der Waals surface area contributed by atoms with Gasteiger partial charge in [-0.2, -0.15) is 5.26 Å². The Morgan fingerprint density at radius 2 is 2.03 bits per heavy atom. The standard InChI is InChI=1S/C23H25BrFN5O3/c24-19-16(25)6-5-13-10-18(29-20(13)19)23(33)30-17(8-12-3-4-12)22(32)28-15(11-26)9-14-2-1-7-27-21(14)31/h5-6,10,12,14-15,17,29H,1-4,7-9H2,(H,27,31)(H,28,32)(H,30,33)/t14?,15-,17?/m0/s1. The molecule has 2 fully saturated rings. The number of nitrogens with one attached hydrogen (secondary N) is 4. The van der Waals surface area contributed by atoms with Gasteiger partial charge >= 0.3 is 0 Å². The molecule has 1 aromatic heterocycles. The van der Waals surface area contributed by atoms with Crippen LogP contribution in [0.1, 0.15) is 49.0 Å². The molecular weight excluding hydrogens is 493 g/mol. The second kappa shape index (κ2) is 9.91. The number of fused-ring (bicyclic) bond motifs is 1.